The van der Waals surface area contributed by atoms with Crippen molar-refractivity contribution in [3.05, 3.63) is 29.8 Å². The van der Waals surface area contributed by atoms with E-state index in [0.29, 0.717) is 25.1 Å². The molecule has 0 saturated carbocycles. The van der Waals surface area contributed by atoms with E-state index in [-0.39, 0.29) is 17.4 Å². The van der Waals surface area contributed by atoms with Gasteiger partial charge in [-0.1, -0.05) is 24.0 Å². The molecule has 21 heavy (non-hydrogen) atoms. The normalized spacial score (nSPS) is 20.8. The van der Waals surface area contributed by atoms with E-state index in [0.717, 1.165) is 0 Å². The van der Waals surface area contributed by atoms with Crippen LogP contribution in [0.4, 0.5) is 0 Å². The van der Waals surface area contributed by atoms with Crippen molar-refractivity contribution in [1.29, 1.82) is 0 Å². The molecule has 0 amide bonds. The average molecular weight is 309 g/mol. The maximum Gasteiger partial charge on any atom is 0.244 e. The minimum absolute atomic E-state index is 0.0320. The molecule has 0 bridgehead atoms. The molecule has 2 N–H and O–H groups in total. The zero-order chi connectivity index (χ0) is 15.5. The fourth-order valence-electron chi connectivity index (χ4n) is 2.43. The minimum atomic E-state index is -3.63. The largest absolute Gasteiger partial charge is 0.393 e. The van der Waals surface area contributed by atoms with Gasteiger partial charge in [0.05, 0.1) is 11.0 Å². The van der Waals surface area contributed by atoms with Crippen LogP contribution in [0.5, 0.6) is 0 Å². The quantitative estimate of drug-likeness (QED) is 0.793. The highest BCUT2D eigenvalue weighted by Gasteiger charge is 2.35. The Hall–Kier alpha value is -1.39. The van der Waals surface area contributed by atoms with Crippen LogP contribution in [0.25, 0.3) is 0 Å². The minimum Gasteiger partial charge on any atom is -0.393 e. The zero-order valence-corrected chi connectivity index (χ0v) is 12.7. The first kappa shape index (κ1) is 16.0. The van der Waals surface area contributed by atoms with Crippen LogP contribution < -0.4 is 0 Å². The maximum absolute atomic E-state index is 12.7. The summed E-state index contributed by atoms with van der Waals surface area (Å²) in [5, 5.41) is 18.4. The summed E-state index contributed by atoms with van der Waals surface area (Å²) in [6.45, 7) is 2.09. The zero-order valence-electron chi connectivity index (χ0n) is 11.9. The van der Waals surface area contributed by atoms with Gasteiger partial charge in [0.15, 0.2) is 0 Å². The Bertz CT molecular complexity index is 658. The van der Waals surface area contributed by atoms with Gasteiger partial charge in [0.2, 0.25) is 10.0 Å². The molecule has 2 unspecified atom stereocenters. The SMILES string of the molecule is CC(O)C1CCN(S(=O)(=O)c2ccccc2C#CCO)C1. The first-order chi connectivity index (χ1) is 9.96. The van der Waals surface area contributed by atoms with E-state index >= 15 is 0 Å². The molecule has 6 heteroatoms. The number of hydrogen-bond donors (Lipinski definition) is 2. The lowest BCUT2D eigenvalue weighted by atomic mass is 10.0. The molecule has 1 aromatic carbocycles. The molecule has 1 heterocycles. The van der Waals surface area contributed by atoms with Gasteiger partial charge in [0.1, 0.15) is 6.61 Å². The molecule has 2 atom stereocenters. The van der Waals surface area contributed by atoms with Crippen molar-refractivity contribution in [3.63, 3.8) is 0 Å². The van der Waals surface area contributed by atoms with Crippen LogP contribution in [0.1, 0.15) is 18.9 Å². The van der Waals surface area contributed by atoms with E-state index in [4.69, 9.17) is 5.11 Å². The standard InChI is InChI=1S/C15H19NO4S/c1-12(18)14-8-9-16(11-14)21(19,20)15-7-3-2-5-13(15)6-4-10-17/h2-3,5,7,12,14,17-18H,8-11H2,1H3. The lowest BCUT2D eigenvalue weighted by Gasteiger charge is -2.18. The van der Waals surface area contributed by atoms with Gasteiger partial charge in [-0.3, -0.25) is 0 Å². The van der Waals surface area contributed by atoms with Gasteiger partial charge in [-0.2, -0.15) is 4.31 Å². The van der Waals surface area contributed by atoms with Crippen LogP contribution in [0, 0.1) is 17.8 Å². The molecule has 0 spiro atoms. The number of rotatable bonds is 3. The van der Waals surface area contributed by atoms with Crippen LogP contribution in [0.2, 0.25) is 0 Å². The molecule has 1 aliphatic heterocycles. The first-order valence-electron chi connectivity index (χ1n) is 6.83. The summed E-state index contributed by atoms with van der Waals surface area (Å²) >= 11 is 0. The second-order valence-electron chi connectivity index (χ2n) is 5.11. The lowest BCUT2D eigenvalue weighted by molar-refractivity contribution is 0.133. The van der Waals surface area contributed by atoms with Crippen molar-refractivity contribution in [2.24, 2.45) is 5.92 Å². The van der Waals surface area contributed by atoms with Crippen molar-refractivity contribution >= 4 is 10.0 Å². The third kappa shape index (κ3) is 3.44. The van der Waals surface area contributed by atoms with Crippen LogP contribution in [-0.4, -0.2) is 48.7 Å². The molecule has 1 aliphatic rings. The van der Waals surface area contributed by atoms with E-state index in [1.807, 2.05) is 0 Å². The summed E-state index contributed by atoms with van der Waals surface area (Å²) in [5.74, 6) is 5.12. The van der Waals surface area contributed by atoms with Gasteiger partial charge >= 0.3 is 0 Å². The molecule has 0 radical (unpaired) electrons. The van der Waals surface area contributed by atoms with Crippen LogP contribution in [0.15, 0.2) is 29.2 Å². The summed E-state index contributed by atoms with van der Waals surface area (Å²) in [7, 11) is -3.63. The predicted octanol–water partition coefficient (Wildman–Crippen LogP) is 0.422. The maximum atomic E-state index is 12.7. The fourth-order valence-corrected chi connectivity index (χ4v) is 4.09. The van der Waals surface area contributed by atoms with E-state index in [2.05, 4.69) is 11.8 Å². The third-order valence-electron chi connectivity index (χ3n) is 3.68. The molecular formula is C15H19NO4S. The Kier molecular flexibility index (Phi) is 5.01. The summed E-state index contributed by atoms with van der Waals surface area (Å²) in [5.41, 5.74) is 0.382. The number of nitrogens with zero attached hydrogens (tertiary/aromatic N) is 1. The number of sulfonamides is 1. The van der Waals surface area contributed by atoms with Crippen molar-refractivity contribution in [2.45, 2.75) is 24.3 Å². The highest BCUT2D eigenvalue weighted by molar-refractivity contribution is 7.89. The smallest absolute Gasteiger partial charge is 0.244 e. The number of benzene rings is 1. The molecule has 2 rings (SSSR count). The summed E-state index contributed by atoms with van der Waals surface area (Å²) in [4.78, 5) is 0.150. The van der Waals surface area contributed by atoms with Gasteiger partial charge in [-0.05, 0) is 31.4 Å². The summed E-state index contributed by atoms with van der Waals surface area (Å²) in [6, 6.07) is 6.51. The Morgan fingerprint density at radius 1 is 1.43 bits per heavy atom. The first-order valence-corrected chi connectivity index (χ1v) is 8.28. The third-order valence-corrected chi connectivity index (χ3v) is 5.60. The van der Waals surface area contributed by atoms with Gasteiger partial charge in [0, 0.05) is 18.7 Å². The molecule has 0 aliphatic carbocycles. The molecule has 114 valence electrons. The van der Waals surface area contributed by atoms with Gasteiger partial charge in [0.25, 0.3) is 0 Å². The van der Waals surface area contributed by atoms with Crippen LogP contribution in [0.3, 0.4) is 0 Å². The Morgan fingerprint density at radius 2 is 2.14 bits per heavy atom. The Morgan fingerprint density at radius 3 is 2.76 bits per heavy atom. The van der Waals surface area contributed by atoms with Crippen LogP contribution >= 0.6 is 0 Å². The van der Waals surface area contributed by atoms with E-state index in [9.17, 15) is 13.5 Å². The van der Waals surface area contributed by atoms with Crippen LogP contribution in [-0.2, 0) is 10.0 Å². The number of aliphatic hydroxyl groups is 2. The van der Waals surface area contributed by atoms with Gasteiger partial charge in [-0.15, -0.1) is 0 Å². The number of hydrogen-bond acceptors (Lipinski definition) is 4. The lowest BCUT2D eigenvalue weighted by Crippen LogP contribution is -2.31. The predicted molar refractivity (Wildman–Crippen MR) is 79.0 cm³/mol. The average Bonchev–Trinajstić information content (AvgIpc) is 2.96. The molecule has 1 fully saturated rings. The molecule has 5 nitrogen and oxygen atoms in total. The summed E-state index contributed by atoms with van der Waals surface area (Å²) < 4.78 is 26.8. The topological polar surface area (TPSA) is 77.8 Å². The van der Waals surface area contributed by atoms with E-state index < -0.39 is 16.1 Å². The summed E-state index contributed by atoms with van der Waals surface area (Å²) in [6.07, 6.45) is 0.135. The van der Waals surface area contributed by atoms with Crippen molar-refractivity contribution in [3.8, 4) is 11.8 Å². The Labute approximate surface area is 125 Å². The van der Waals surface area contributed by atoms with E-state index in [1.54, 1.807) is 25.1 Å². The van der Waals surface area contributed by atoms with Gasteiger partial charge in [-0.25, -0.2) is 8.42 Å². The fraction of sp³-hybridized carbons (Fsp3) is 0.467. The highest BCUT2D eigenvalue weighted by Crippen LogP contribution is 2.27. The highest BCUT2D eigenvalue weighted by atomic mass is 32.2. The van der Waals surface area contributed by atoms with E-state index in [1.165, 1.54) is 10.4 Å². The van der Waals surface area contributed by atoms with Crippen molar-refractivity contribution in [2.75, 3.05) is 19.7 Å². The number of aliphatic hydroxyl groups excluding tert-OH is 2. The van der Waals surface area contributed by atoms with Crippen molar-refractivity contribution < 1.29 is 18.6 Å². The second kappa shape index (κ2) is 6.58. The van der Waals surface area contributed by atoms with Crippen molar-refractivity contribution in [1.82, 2.24) is 4.31 Å². The molecular weight excluding hydrogens is 290 g/mol. The Balaban J connectivity index is 2.33. The van der Waals surface area contributed by atoms with Gasteiger partial charge < -0.3 is 10.2 Å². The molecule has 0 aromatic heterocycles. The molecule has 1 aromatic rings. The molecule has 1 saturated heterocycles. The second-order valence-corrected chi connectivity index (χ2v) is 7.01. The monoisotopic (exact) mass is 309 g/mol.